The molecule has 0 aliphatic carbocycles. The molecule has 120 valence electrons. The molecule has 1 heterocycles. The molecule has 1 aromatic carbocycles. The summed E-state index contributed by atoms with van der Waals surface area (Å²) in [6.07, 6.45) is 0.931. The molecule has 0 amide bonds. The van der Waals surface area contributed by atoms with Crippen LogP contribution in [0.25, 0.3) is 0 Å². The van der Waals surface area contributed by atoms with Crippen molar-refractivity contribution in [2.45, 2.75) is 33.2 Å². The monoisotopic (exact) mass is 334 g/mol. The third-order valence-electron chi connectivity index (χ3n) is 3.94. The summed E-state index contributed by atoms with van der Waals surface area (Å²) in [5, 5.41) is 3.90. The molecule has 1 aliphatic rings. The molecule has 0 bridgehead atoms. The van der Waals surface area contributed by atoms with Crippen molar-refractivity contribution in [1.82, 2.24) is 10.2 Å². The van der Waals surface area contributed by atoms with Gasteiger partial charge in [0.05, 0.1) is 0 Å². The van der Waals surface area contributed by atoms with E-state index < -0.39 is 0 Å². The molecule has 21 heavy (non-hydrogen) atoms. The van der Waals surface area contributed by atoms with Crippen LogP contribution in [0.1, 0.15) is 37.4 Å². The van der Waals surface area contributed by atoms with Gasteiger partial charge in [0, 0.05) is 42.8 Å². The molecule has 1 aliphatic heterocycles. The van der Waals surface area contributed by atoms with Crippen LogP contribution in [0.3, 0.4) is 0 Å². The second kappa shape index (κ2) is 8.33. The maximum Gasteiger partial charge on any atom is 0.132 e. The second-order valence-corrected chi connectivity index (χ2v) is 6.43. The van der Waals surface area contributed by atoms with E-state index in [2.05, 4.69) is 24.1 Å². The van der Waals surface area contributed by atoms with Crippen LogP contribution in [0.5, 0.6) is 0 Å². The van der Waals surface area contributed by atoms with Crippen LogP contribution in [-0.4, -0.2) is 31.1 Å². The van der Waals surface area contributed by atoms with Gasteiger partial charge in [-0.3, -0.25) is 4.90 Å². The molecule has 1 atom stereocenters. The molecule has 1 fully saturated rings. The lowest BCUT2D eigenvalue weighted by Gasteiger charge is -2.36. The first-order valence-corrected chi connectivity index (χ1v) is 7.77. The Balaban J connectivity index is 0.00000220. The molecule has 5 heteroatoms. The largest absolute Gasteiger partial charge is 0.314 e. The van der Waals surface area contributed by atoms with Gasteiger partial charge in [-0.05, 0) is 30.9 Å². The zero-order chi connectivity index (χ0) is 14.7. The zero-order valence-corrected chi connectivity index (χ0v) is 14.5. The van der Waals surface area contributed by atoms with Gasteiger partial charge in [-0.2, -0.15) is 0 Å². The molecule has 1 saturated heterocycles. The molecule has 1 aromatic rings. The smallest absolute Gasteiger partial charge is 0.132 e. The fourth-order valence-corrected chi connectivity index (χ4v) is 3.15. The van der Waals surface area contributed by atoms with Crippen molar-refractivity contribution in [3.05, 3.63) is 34.1 Å². The number of halogens is 3. The van der Waals surface area contributed by atoms with E-state index in [9.17, 15) is 4.39 Å². The van der Waals surface area contributed by atoms with Gasteiger partial charge in [0.15, 0.2) is 0 Å². The average molecular weight is 335 g/mol. The van der Waals surface area contributed by atoms with Gasteiger partial charge in [-0.15, -0.1) is 12.4 Å². The standard InChI is InChI=1S/C16H24ClFN2.ClH/c1-11(2)10-14(20-8-6-19-7-9-20)15-13(17)5-4-12(3)16(15)18;/h4-5,11,14,19H,6-10H2,1-3H3;1H/t14-;/m0./s1. The highest BCUT2D eigenvalue weighted by atomic mass is 35.5. The Morgan fingerprint density at radius 3 is 2.48 bits per heavy atom. The summed E-state index contributed by atoms with van der Waals surface area (Å²) in [5.41, 5.74) is 1.36. The minimum Gasteiger partial charge on any atom is -0.314 e. The van der Waals surface area contributed by atoms with Gasteiger partial charge in [-0.1, -0.05) is 31.5 Å². The molecular formula is C16H25Cl2FN2. The average Bonchev–Trinajstić information content (AvgIpc) is 2.43. The fraction of sp³-hybridized carbons (Fsp3) is 0.625. The van der Waals surface area contributed by atoms with E-state index >= 15 is 0 Å². The number of benzene rings is 1. The zero-order valence-electron chi connectivity index (χ0n) is 13.0. The van der Waals surface area contributed by atoms with E-state index in [-0.39, 0.29) is 24.3 Å². The summed E-state index contributed by atoms with van der Waals surface area (Å²) in [6, 6.07) is 3.65. The lowest BCUT2D eigenvalue weighted by Crippen LogP contribution is -2.45. The highest BCUT2D eigenvalue weighted by Crippen LogP contribution is 2.35. The Morgan fingerprint density at radius 2 is 1.90 bits per heavy atom. The van der Waals surface area contributed by atoms with Crippen LogP contribution in [0.15, 0.2) is 12.1 Å². The molecule has 1 N–H and O–H groups in total. The molecule has 2 rings (SSSR count). The topological polar surface area (TPSA) is 15.3 Å². The highest BCUT2D eigenvalue weighted by Gasteiger charge is 2.28. The first-order valence-electron chi connectivity index (χ1n) is 7.40. The van der Waals surface area contributed by atoms with Crippen LogP contribution in [0.4, 0.5) is 4.39 Å². The van der Waals surface area contributed by atoms with Crippen LogP contribution in [0.2, 0.25) is 5.02 Å². The van der Waals surface area contributed by atoms with Crippen LogP contribution < -0.4 is 5.32 Å². The summed E-state index contributed by atoms with van der Waals surface area (Å²) < 4.78 is 14.6. The SMILES string of the molecule is Cc1ccc(Cl)c([C@H](CC(C)C)N2CCNCC2)c1F.Cl. The van der Waals surface area contributed by atoms with Crippen molar-refractivity contribution in [3.63, 3.8) is 0 Å². The second-order valence-electron chi connectivity index (χ2n) is 6.02. The van der Waals surface area contributed by atoms with Gasteiger partial charge in [0.25, 0.3) is 0 Å². The molecule has 0 saturated carbocycles. The Kier molecular flexibility index (Phi) is 7.41. The molecule has 0 radical (unpaired) electrons. The van der Waals surface area contributed by atoms with Gasteiger partial charge in [0.2, 0.25) is 0 Å². The van der Waals surface area contributed by atoms with Crippen molar-refractivity contribution in [2.75, 3.05) is 26.2 Å². The van der Waals surface area contributed by atoms with Crippen LogP contribution in [0, 0.1) is 18.7 Å². The van der Waals surface area contributed by atoms with Crippen LogP contribution in [-0.2, 0) is 0 Å². The molecule has 2 nitrogen and oxygen atoms in total. The summed E-state index contributed by atoms with van der Waals surface area (Å²) >= 11 is 6.32. The minimum atomic E-state index is -0.137. The Morgan fingerprint density at radius 1 is 1.29 bits per heavy atom. The summed E-state index contributed by atoms with van der Waals surface area (Å²) in [7, 11) is 0. The van der Waals surface area contributed by atoms with E-state index in [1.54, 1.807) is 13.0 Å². The summed E-state index contributed by atoms with van der Waals surface area (Å²) in [6.45, 7) is 9.97. The lowest BCUT2D eigenvalue weighted by atomic mass is 9.93. The molecular weight excluding hydrogens is 310 g/mol. The number of aryl methyl sites for hydroxylation is 1. The maximum atomic E-state index is 14.6. The van der Waals surface area contributed by atoms with Crippen molar-refractivity contribution < 1.29 is 4.39 Å². The third kappa shape index (κ3) is 4.56. The van der Waals surface area contributed by atoms with E-state index in [1.165, 1.54) is 0 Å². The van der Waals surface area contributed by atoms with E-state index in [0.717, 1.165) is 32.6 Å². The number of nitrogens with zero attached hydrogens (tertiary/aromatic N) is 1. The number of hydrogen-bond acceptors (Lipinski definition) is 2. The number of hydrogen-bond donors (Lipinski definition) is 1. The molecule has 0 aromatic heterocycles. The van der Waals surface area contributed by atoms with E-state index in [1.807, 2.05) is 6.07 Å². The van der Waals surface area contributed by atoms with Gasteiger partial charge >= 0.3 is 0 Å². The Hall–Kier alpha value is -0.350. The van der Waals surface area contributed by atoms with E-state index in [4.69, 9.17) is 11.6 Å². The van der Waals surface area contributed by atoms with Crippen LogP contribution >= 0.6 is 24.0 Å². The quantitative estimate of drug-likeness (QED) is 0.887. The van der Waals surface area contributed by atoms with Gasteiger partial charge in [-0.25, -0.2) is 4.39 Å². The van der Waals surface area contributed by atoms with Crippen molar-refractivity contribution in [2.24, 2.45) is 5.92 Å². The predicted octanol–water partition coefficient (Wildman–Crippen LogP) is 4.20. The maximum absolute atomic E-state index is 14.6. The predicted molar refractivity (Wildman–Crippen MR) is 90.0 cm³/mol. The molecule has 0 unspecified atom stereocenters. The van der Waals surface area contributed by atoms with Gasteiger partial charge in [0.1, 0.15) is 5.82 Å². The first-order chi connectivity index (χ1) is 9.50. The Labute approximate surface area is 138 Å². The normalized spacial score (nSPS) is 17.6. The van der Waals surface area contributed by atoms with E-state index in [0.29, 0.717) is 22.1 Å². The number of nitrogens with one attached hydrogen (secondary N) is 1. The first kappa shape index (κ1) is 18.7. The minimum absolute atomic E-state index is 0. The summed E-state index contributed by atoms with van der Waals surface area (Å²) in [5.74, 6) is 0.368. The fourth-order valence-electron chi connectivity index (χ4n) is 2.87. The third-order valence-corrected chi connectivity index (χ3v) is 4.27. The van der Waals surface area contributed by atoms with Crippen molar-refractivity contribution >= 4 is 24.0 Å². The summed E-state index contributed by atoms with van der Waals surface area (Å²) in [4.78, 5) is 2.36. The van der Waals surface area contributed by atoms with Crippen molar-refractivity contribution in [1.29, 1.82) is 0 Å². The number of rotatable bonds is 4. The molecule has 0 spiro atoms. The Bertz CT molecular complexity index is 460. The van der Waals surface area contributed by atoms with Crippen molar-refractivity contribution in [3.8, 4) is 0 Å². The lowest BCUT2D eigenvalue weighted by molar-refractivity contribution is 0.151. The number of piperazine rings is 1. The van der Waals surface area contributed by atoms with Gasteiger partial charge < -0.3 is 5.32 Å². The highest BCUT2D eigenvalue weighted by molar-refractivity contribution is 6.31.